The summed E-state index contributed by atoms with van der Waals surface area (Å²) in [5.41, 5.74) is 1.03. The van der Waals surface area contributed by atoms with Crippen LogP contribution in [-0.4, -0.2) is 60.4 Å². The minimum atomic E-state index is -0.302. The third-order valence-corrected chi connectivity index (χ3v) is 6.79. The lowest BCUT2D eigenvalue weighted by Gasteiger charge is -2.32. The lowest BCUT2D eigenvalue weighted by atomic mass is 9.91. The van der Waals surface area contributed by atoms with Crippen LogP contribution in [0.5, 0.6) is 5.75 Å². The first kappa shape index (κ1) is 22.9. The second kappa shape index (κ2) is 10.0. The van der Waals surface area contributed by atoms with Crippen molar-refractivity contribution < 1.29 is 14.3 Å². The number of benzene rings is 1. The molecule has 3 heterocycles. The number of unbranched alkanes of at least 4 members (excludes halogenated alkanes) is 1. The maximum absolute atomic E-state index is 13.6. The molecule has 4 atom stereocenters. The molecule has 1 aromatic carbocycles. The second-order valence-electron chi connectivity index (χ2n) is 8.68. The van der Waals surface area contributed by atoms with Crippen LogP contribution in [0.15, 0.2) is 24.3 Å². The quantitative estimate of drug-likeness (QED) is 0.745. The van der Waals surface area contributed by atoms with E-state index >= 15 is 0 Å². The van der Waals surface area contributed by atoms with Gasteiger partial charge in [0, 0.05) is 38.1 Å². The van der Waals surface area contributed by atoms with Crippen LogP contribution >= 0.6 is 12.4 Å². The van der Waals surface area contributed by atoms with Crippen molar-refractivity contribution in [2.75, 3.05) is 26.7 Å². The standard InChI is InChI=1S/C23H33N3O3.ClH/c1-3-4-12-26-21(27)14-20(22(26)16-5-9-19(29-2)10-6-16)23(28)25-13-11-17-7-8-18(15-25)24-17;/h5-6,9-10,17-18,20,22,24H,3-4,7-8,11-15H2,1-2H3;1H. The Labute approximate surface area is 185 Å². The Morgan fingerprint density at radius 1 is 1.17 bits per heavy atom. The van der Waals surface area contributed by atoms with Crippen LogP contribution in [0, 0.1) is 5.92 Å². The summed E-state index contributed by atoms with van der Waals surface area (Å²) in [5.74, 6) is 0.736. The molecule has 4 rings (SSSR count). The Morgan fingerprint density at radius 3 is 2.60 bits per heavy atom. The molecule has 0 aliphatic carbocycles. The predicted octanol–water partition coefficient (Wildman–Crippen LogP) is 3.16. The van der Waals surface area contributed by atoms with Gasteiger partial charge in [0.15, 0.2) is 0 Å². The number of hydrogen-bond acceptors (Lipinski definition) is 4. The molecule has 1 aromatic rings. The smallest absolute Gasteiger partial charge is 0.228 e. The highest BCUT2D eigenvalue weighted by Crippen LogP contribution is 2.40. The van der Waals surface area contributed by atoms with Crippen LogP contribution in [0.3, 0.4) is 0 Å². The summed E-state index contributed by atoms with van der Waals surface area (Å²) in [6.45, 7) is 4.40. The lowest BCUT2D eigenvalue weighted by Crippen LogP contribution is -2.43. The van der Waals surface area contributed by atoms with E-state index in [9.17, 15) is 9.59 Å². The minimum Gasteiger partial charge on any atom is -0.497 e. The molecule has 2 amide bonds. The number of amides is 2. The SMILES string of the molecule is CCCCN1C(=O)CC(C(=O)N2CCC3CCC(C2)N3)C1c1ccc(OC)cc1.Cl. The van der Waals surface area contributed by atoms with Crippen molar-refractivity contribution in [3.8, 4) is 5.75 Å². The van der Waals surface area contributed by atoms with Gasteiger partial charge in [-0.2, -0.15) is 0 Å². The Bertz CT molecular complexity index is 742. The molecule has 1 N–H and O–H groups in total. The maximum atomic E-state index is 13.6. The number of carbonyl (C=O) groups is 2. The van der Waals surface area contributed by atoms with E-state index in [1.54, 1.807) is 7.11 Å². The summed E-state index contributed by atoms with van der Waals surface area (Å²) in [4.78, 5) is 30.5. The number of ether oxygens (including phenoxy) is 1. The molecule has 4 unspecified atom stereocenters. The van der Waals surface area contributed by atoms with E-state index in [4.69, 9.17) is 4.74 Å². The zero-order valence-electron chi connectivity index (χ0n) is 18.0. The third kappa shape index (κ3) is 4.59. The van der Waals surface area contributed by atoms with E-state index in [0.29, 0.717) is 25.0 Å². The van der Waals surface area contributed by atoms with Crippen molar-refractivity contribution in [2.24, 2.45) is 5.92 Å². The maximum Gasteiger partial charge on any atom is 0.228 e. The largest absolute Gasteiger partial charge is 0.497 e. The molecule has 166 valence electrons. The normalized spacial score (nSPS) is 28.3. The summed E-state index contributed by atoms with van der Waals surface area (Å²) in [7, 11) is 1.65. The van der Waals surface area contributed by atoms with Gasteiger partial charge < -0.3 is 19.9 Å². The average molecular weight is 436 g/mol. The predicted molar refractivity (Wildman–Crippen MR) is 119 cm³/mol. The van der Waals surface area contributed by atoms with Crippen molar-refractivity contribution in [1.29, 1.82) is 0 Å². The third-order valence-electron chi connectivity index (χ3n) is 6.79. The summed E-state index contributed by atoms with van der Waals surface area (Å²) >= 11 is 0. The van der Waals surface area contributed by atoms with E-state index in [2.05, 4.69) is 12.2 Å². The fraction of sp³-hybridized carbons (Fsp3) is 0.652. The van der Waals surface area contributed by atoms with Crippen LogP contribution in [0.1, 0.15) is 57.1 Å². The van der Waals surface area contributed by atoms with Gasteiger partial charge >= 0.3 is 0 Å². The highest BCUT2D eigenvalue weighted by Gasteiger charge is 2.46. The molecule has 3 saturated heterocycles. The van der Waals surface area contributed by atoms with Crippen LogP contribution in [0.4, 0.5) is 0 Å². The first-order valence-electron chi connectivity index (χ1n) is 11.1. The Morgan fingerprint density at radius 2 is 1.90 bits per heavy atom. The summed E-state index contributed by atoms with van der Waals surface area (Å²) in [5, 5.41) is 3.64. The van der Waals surface area contributed by atoms with Crippen LogP contribution in [0.2, 0.25) is 0 Å². The minimum absolute atomic E-state index is 0. The van der Waals surface area contributed by atoms with Crippen molar-refractivity contribution in [1.82, 2.24) is 15.1 Å². The number of likely N-dealkylation sites (tertiary alicyclic amines) is 2. The number of halogens is 1. The molecule has 0 spiro atoms. The summed E-state index contributed by atoms with van der Waals surface area (Å²) in [6.07, 6.45) is 5.67. The average Bonchev–Trinajstić information content (AvgIpc) is 3.24. The number of fused-ring (bicyclic) bond motifs is 2. The number of carbonyl (C=O) groups excluding carboxylic acids is 2. The monoisotopic (exact) mass is 435 g/mol. The first-order chi connectivity index (χ1) is 14.1. The Hall–Kier alpha value is -1.79. The van der Waals surface area contributed by atoms with Gasteiger partial charge in [-0.25, -0.2) is 0 Å². The number of nitrogens with zero attached hydrogens (tertiary/aromatic N) is 2. The molecule has 30 heavy (non-hydrogen) atoms. The van der Waals surface area contributed by atoms with E-state index in [-0.39, 0.29) is 36.2 Å². The van der Waals surface area contributed by atoms with Crippen LogP contribution in [0.25, 0.3) is 0 Å². The lowest BCUT2D eigenvalue weighted by molar-refractivity contribution is -0.136. The Kier molecular flexibility index (Phi) is 7.64. The topological polar surface area (TPSA) is 61.9 Å². The molecule has 6 nitrogen and oxygen atoms in total. The zero-order valence-corrected chi connectivity index (χ0v) is 18.8. The number of hydrogen-bond donors (Lipinski definition) is 1. The van der Waals surface area contributed by atoms with E-state index in [1.807, 2.05) is 34.1 Å². The Balaban J connectivity index is 0.00000256. The van der Waals surface area contributed by atoms with Crippen molar-refractivity contribution >= 4 is 24.2 Å². The van der Waals surface area contributed by atoms with Crippen molar-refractivity contribution in [2.45, 2.75) is 63.6 Å². The van der Waals surface area contributed by atoms with Crippen LogP contribution < -0.4 is 10.1 Å². The molecule has 3 aliphatic heterocycles. The molecule has 3 fully saturated rings. The van der Waals surface area contributed by atoms with Gasteiger partial charge in [-0.05, 0) is 43.4 Å². The van der Waals surface area contributed by atoms with E-state index < -0.39 is 0 Å². The van der Waals surface area contributed by atoms with Gasteiger partial charge in [0.25, 0.3) is 0 Å². The fourth-order valence-corrected chi connectivity index (χ4v) is 5.19. The highest BCUT2D eigenvalue weighted by atomic mass is 35.5. The fourth-order valence-electron chi connectivity index (χ4n) is 5.19. The van der Waals surface area contributed by atoms with Gasteiger partial charge in [-0.1, -0.05) is 25.5 Å². The van der Waals surface area contributed by atoms with Gasteiger partial charge in [-0.3, -0.25) is 9.59 Å². The van der Waals surface area contributed by atoms with E-state index in [0.717, 1.165) is 50.1 Å². The molecule has 7 heteroatoms. The second-order valence-corrected chi connectivity index (χ2v) is 8.68. The molecule has 0 aromatic heterocycles. The molecular formula is C23H34ClN3O3. The molecule has 0 saturated carbocycles. The van der Waals surface area contributed by atoms with Crippen molar-refractivity contribution in [3.05, 3.63) is 29.8 Å². The van der Waals surface area contributed by atoms with Gasteiger partial charge in [0.1, 0.15) is 5.75 Å². The van der Waals surface area contributed by atoms with Crippen LogP contribution in [-0.2, 0) is 9.59 Å². The highest BCUT2D eigenvalue weighted by molar-refractivity contribution is 5.90. The van der Waals surface area contributed by atoms with Gasteiger partial charge in [0.2, 0.25) is 11.8 Å². The van der Waals surface area contributed by atoms with Gasteiger partial charge in [-0.15, -0.1) is 12.4 Å². The zero-order chi connectivity index (χ0) is 20.4. The number of methoxy groups -OCH3 is 1. The number of nitrogens with one attached hydrogen (secondary N) is 1. The molecule has 3 aliphatic rings. The summed E-state index contributed by atoms with van der Waals surface area (Å²) < 4.78 is 5.29. The first-order valence-corrected chi connectivity index (χ1v) is 11.1. The van der Waals surface area contributed by atoms with Gasteiger partial charge in [0.05, 0.1) is 19.1 Å². The molecular weight excluding hydrogens is 402 g/mol. The summed E-state index contributed by atoms with van der Waals surface area (Å²) in [6, 6.07) is 8.63. The van der Waals surface area contributed by atoms with E-state index in [1.165, 1.54) is 6.42 Å². The molecule has 2 bridgehead atoms. The van der Waals surface area contributed by atoms with Crippen molar-refractivity contribution in [3.63, 3.8) is 0 Å². The number of rotatable bonds is 6. The molecule has 0 radical (unpaired) electrons.